The summed E-state index contributed by atoms with van der Waals surface area (Å²) < 4.78 is 0. The van der Waals surface area contributed by atoms with Crippen molar-refractivity contribution in [3.8, 4) is 11.1 Å². The first-order valence-corrected chi connectivity index (χ1v) is 6.61. The van der Waals surface area contributed by atoms with Crippen LogP contribution in [-0.2, 0) is 0 Å². The lowest BCUT2D eigenvalue weighted by molar-refractivity contribution is 0.0748. The van der Waals surface area contributed by atoms with Crippen LogP contribution in [0.25, 0.3) is 11.1 Å². The van der Waals surface area contributed by atoms with Crippen LogP contribution < -0.4 is 5.73 Å². The van der Waals surface area contributed by atoms with Gasteiger partial charge in [0.1, 0.15) is 0 Å². The maximum absolute atomic E-state index is 12.4. The first kappa shape index (κ1) is 20.4. The van der Waals surface area contributed by atoms with E-state index in [1.165, 1.54) is 0 Å². The molecule has 1 aromatic carbocycles. The SMILES string of the molecule is CC(CN)N(C)C(=O)c1cncc(-c2ccccc2)c1.Cl.Cl. The molecule has 0 bridgehead atoms. The van der Waals surface area contributed by atoms with Crippen molar-refractivity contribution in [2.24, 2.45) is 5.73 Å². The summed E-state index contributed by atoms with van der Waals surface area (Å²) in [6, 6.07) is 11.8. The average Bonchev–Trinajstić information content (AvgIpc) is 2.53. The van der Waals surface area contributed by atoms with Crippen molar-refractivity contribution in [3.63, 3.8) is 0 Å². The fourth-order valence-electron chi connectivity index (χ4n) is 1.91. The Morgan fingerprint density at radius 2 is 1.82 bits per heavy atom. The van der Waals surface area contributed by atoms with Gasteiger partial charge in [0.15, 0.2) is 0 Å². The third kappa shape index (κ3) is 4.70. The number of nitrogens with two attached hydrogens (primary N) is 1. The molecule has 2 rings (SSSR count). The van der Waals surface area contributed by atoms with Gasteiger partial charge in [0.05, 0.1) is 5.56 Å². The predicted octanol–water partition coefficient (Wildman–Crippen LogP) is 3.01. The van der Waals surface area contributed by atoms with Gasteiger partial charge < -0.3 is 10.6 Å². The second-order valence-electron chi connectivity index (χ2n) is 4.83. The highest BCUT2D eigenvalue weighted by Gasteiger charge is 2.17. The molecular weight excluding hydrogens is 321 g/mol. The van der Waals surface area contributed by atoms with Crippen LogP contribution in [0, 0.1) is 0 Å². The Hall–Kier alpha value is -1.62. The minimum atomic E-state index is -0.0618. The Balaban J connectivity index is 0.00000220. The smallest absolute Gasteiger partial charge is 0.255 e. The lowest BCUT2D eigenvalue weighted by Crippen LogP contribution is -2.39. The summed E-state index contributed by atoms with van der Waals surface area (Å²) in [5, 5.41) is 0. The van der Waals surface area contributed by atoms with Gasteiger partial charge in [-0.1, -0.05) is 30.3 Å². The second-order valence-corrected chi connectivity index (χ2v) is 4.83. The van der Waals surface area contributed by atoms with E-state index in [-0.39, 0.29) is 36.8 Å². The van der Waals surface area contributed by atoms with Crippen molar-refractivity contribution in [1.29, 1.82) is 0 Å². The molecule has 0 fully saturated rings. The van der Waals surface area contributed by atoms with E-state index in [4.69, 9.17) is 5.73 Å². The zero-order chi connectivity index (χ0) is 14.5. The Kier molecular flexibility index (Phi) is 8.72. The van der Waals surface area contributed by atoms with Crippen molar-refractivity contribution >= 4 is 30.7 Å². The van der Waals surface area contributed by atoms with Crippen LogP contribution in [0.15, 0.2) is 48.8 Å². The molecule has 22 heavy (non-hydrogen) atoms. The third-order valence-corrected chi connectivity index (χ3v) is 3.41. The van der Waals surface area contributed by atoms with Crippen LogP contribution in [0.5, 0.6) is 0 Å². The fourth-order valence-corrected chi connectivity index (χ4v) is 1.91. The van der Waals surface area contributed by atoms with Crippen LogP contribution in [0.4, 0.5) is 0 Å². The summed E-state index contributed by atoms with van der Waals surface area (Å²) >= 11 is 0. The van der Waals surface area contributed by atoms with Crippen LogP contribution in [0.1, 0.15) is 17.3 Å². The maximum atomic E-state index is 12.4. The number of pyridine rings is 1. The van der Waals surface area contributed by atoms with Crippen LogP contribution in [0.3, 0.4) is 0 Å². The normalized spacial score (nSPS) is 10.9. The van der Waals surface area contributed by atoms with E-state index in [1.807, 2.05) is 43.3 Å². The summed E-state index contributed by atoms with van der Waals surface area (Å²) in [5.41, 5.74) is 8.16. The standard InChI is InChI=1S/C16H19N3O.2ClH/c1-12(9-17)19(2)16(20)15-8-14(10-18-11-15)13-6-4-3-5-7-13;;/h3-8,10-12H,9,17H2,1-2H3;2*1H. The molecule has 6 heteroatoms. The zero-order valence-corrected chi connectivity index (χ0v) is 14.2. The number of carbonyl (C=O) groups excluding carboxylic acids is 1. The molecule has 0 aliphatic carbocycles. The molecular formula is C16H21Cl2N3O. The van der Waals surface area contributed by atoms with Crippen molar-refractivity contribution in [2.45, 2.75) is 13.0 Å². The number of likely N-dealkylation sites (N-methyl/N-ethyl adjacent to an activating group) is 1. The maximum Gasteiger partial charge on any atom is 0.255 e. The first-order chi connectivity index (χ1) is 9.63. The van der Waals surface area contributed by atoms with E-state index in [9.17, 15) is 4.79 Å². The van der Waals surface area contributed by atoms with Gasteiger partial charge in [-0.2, -0.15) is 0 Å². The van der Waals surface area contributed by atoms with Gasteiger partial charge in [0.25, 0.3) is 5.91 Å². The van der Waals surface area contributed by atoms with E-state index in [0.717, 1.165) is 11.1 Å². The summed E-state index contributed by atoms with van der Waals surface area (Å²) in [6.45, 7) is 2.36. The minimum Gasteiger partial charge on any atom is -0.338 e. The van der Waals surface area contributed by atoms with Crippen molar-refractivity contribution < 1.29 is 4.79 Å². The molecule has 0 aliphatic rings. The van der Waals surface area contributed by atoms with Gasteiger partial charge in [-0.15, -0.1) is 24.8 Å². The quantitative estimate of drug-likeness (QED) is 0.929. The van der Waals surface area contributed by atoms with Gasteiger partial charge in [-0.05, 0) is 18.6 Å². The molecule has 2 aromatic rings. The van der Waals surface area contributed by atoms with Gasteiger partial charge in [0.2, 0.25) is 0 Å². The van der Waals surface area contributed by atoms with Crippen molar-refractivity contribution in [3.05, 3.63) is 54.4 Å². The molecule has 1 aromatic heterocycles. The monoisotopic (exact) mass is 341 g/mol. The van der Waals surface area contributed by atoms with Crippen molar-refractivity contribution in [2.75, 3.05) is 13.6 Å². The molecule has 1 atom stereocenters. The topological polar surface area (TPSA) is 59.2 Å². The largest absolute Gasteiger partial charge is 0.338 e. The van der Waals surface area contributed by atoms with Gasteiger partial charge >= 0.3 is 0 Å². The number of amides is 1. The van der Waals surface area contributed by atoms with E-state index in [2.05, 4.69) is 4.98 Å². The number of aromatic nitrogens is 1. The molecule has 4 nitrogen and oxygen atoms in total. The highest BCUT2D eigenvalue weighted by molar-refractivity contribution is 5.95. The molecule has 0 radical (unpaired) electrons. The summed E-state index contributed by atoms with van der Waals surface area (Å²) in [6.07, 6.45) is 3.35. The molecule has 2 N–H and O–H groups in total. The Morgan fingerprint density at radius 3 is 2.41 bits per heavy atom. The number of halogens is 2. The molecule has 1 unspecified atom stereocenters. The van der Waals surface area contributed by atoms with Crippen LogP contribution in [0.2, 0.25) is 0 Å². The Bertz CT molecular complexity index is 593. The van der Waals surface area contributed by atoms with E-state index < -0.39 is 0 Å². The number of benzene rings is 1. The highest BCUT2D eigenvalue weighted by Crippen LogP contribution is 2.19. The van der Waals surface area contributed by atoms with Crippen molar-refractivity contribution in [1.82, 2.24) is 9.88 Å². The lowest BCUT2D eigenvalue weighted by atomic mass is 10.1. The highest BCUT2D eigenvalue weighted by atomic mass is 35.5. The van der Waals surface area contributed by atoms with E-state index in [1.54, 1.807) is 24.3 Å². The molecule has 0 saturated heterocycles. The van der Waals surface area contributed by atoms with Gasteiger partial charge in [-0.3, -0.25) is 9.78 Å². The number of nitrogens with zero attached hydrogens (tertiary/aromatic N) is 2. The first-order valence-electron chi connectivity index (χ1n) is 6.61. The Labute approximate surface area is 143 Å². The molecule has 0 saturated carbocycles. The summed E-state index contributed by atoms with van der Waals surface area (Å²) in [7, 11) is 1.76. The fraction of sp³-hybridized carbons (Fsp3) is 0.250. The molecule has 1 amide bonds. The summed E-state index contributed by atoms with van der Waals surface area (Å²) in [4.78, 5) is 18.2. The lowest BCUT2D eigenvalue weighted by Gasteiger charge is -2.23. The third-order valence-electron chi connectivity index (χ3n) is 3.41. The van der Waals surface area contributed by atoms with E-state index in [0.29, 0.717) is 12.1 Å². The number of hydrogen-bond donors (Lipinski definition) is 1. The number of hydrogen-bond acceptors (Lipinski definition) is 3. The molecule has 0 aliphatic heterocycles. The predicted molar refractivity (Wildman–Crippen MR) is 94.8 cm³/mol. The molecule has 0 spiro atoms. The average molecular weight is 342 g/mol. The van der Waals surface area contributed by atoms with Gasteiger partial charge in [-0.25, -0.2) is 0 Å². The molecule has 120 valence electrons. The summed E-state index contributed by atoms with van der Waals surface area (Å²) in [5.74, 6) is -0.0618. The van der Waals surface area contributed by atoms with Gasteiger partial charge in [0, 0.05) is 37.6 Å². The molecule has 1 heterocycles. The number of rotatable bonds is 4. The minimum absolute atomic E-state index is 0. The van der Waals surface area contributed by atoms with Crippen LogP contribution >= 0.6 is 24.8 Å². The second kappa shape index (κ2) is 9.41. The number of carbonyl (C=O) groups is 1. The van der Waals surface area contributed by atoms with Crippen LogP contribution in [-0.4, -0.2) is 35.4 Å². The Morgan fingerprint density at radius 1 is 1.18 bits per heavy atom. The van der Waals surface area contributed by atoms with E-state index >= 15 is 0 Å². The zero-order valence-electron chi connectivity index (χ0n) is 12.6.